The highest BCUT2D eigenvalue weighted by Crippen LogP contribution is 2.27. The number of nitrogens with one attached hydrogen (secondary N) is 1. The lowest BCUT2D eigenvalue weighted by atomic mass is 10.0. The van der Waals surface area contributed by atoms with E-state index in [1.165, 1.54) is 23.3 Å². The van der Waals surface area contributed by atoms with E-state index in [9.17, 15) is 9.18 Å². The lowest BCUT2D eigenvalue weighted by Gasteiger charge is -2.16. The molecule has 4 aromatic rings. The van der Waals surface area contributed by atoms with Crippen molar-refractivity contribution in [3.05, 3.63) is 95.1 Å². The Bertz CT molecular complexity index is 1310. The molecule has 35 heavy (non-hydrogen) atoms. The lowest BCUT2D eigenvalue weighted by molar-refractivity contribution is 0.0949. The van der Waals surface area contributed by atoms with E-state index in [1.807, 2.05) is 18.2 Å². The van der Waals surface area contributed by atoms with Crippen LogP contribution in [0.4, 0.5) is 4.39 Å². The topological polar surface area (TPSA) is 56.1 Å². The number of halogens is 1. The fourth-order valence-corrected chi connectivity index (χ4v) is 4.25. The molecule has 0 aliphatic rings. The number of para-hydroxylation sites is 2. The number of imidazole rings is 1. The second kappa shape index (κ2) is 11.2. The molecule has 0 unspecified atom stereocenters. The number of aromatic nitrogens is 2. The molecular formula is C29H32FN3O2. The Labute approximate surface area is 206 Å². The van der Waals surface area contributed by atoms with Crippen LogP contribution in [0, 0.1) is 12.7 Å². The Morgan fingerprint density at radius 3 is 2.66 bits per heavy atom. The number of aryl methyl sites for hydroxylation is 2. The Kier molecular flexibility index (Phi) is 7.80. The van der Waals surface area contributed by atoms with E-state index in [0.29, 0.717) is 38.5 Å². The van der Waals surface area contributed by atoms with Gasteiger partial charge in [0.2, 0.25) is 0 Å². The van der Waals surface area contributed by atoms with E-state index in [-0.39, 0.29) is 5.56 Å². The third-order valence-corrected chi connectivity index (χ3v) is 6.08. The van der Waals surface area contributed by atoms with Gasteiger partial charge in [-0.2, -0.15) is 0 Å². The van der Waals surface area contributed by atoms with E-state index in [1.54, 1.807) is 12.1 Å². The van der Waals surface area contributed by atoms with E-state index in [2.05, 4.69) is 54.9 Å². The van der Waals surface area contributed by atoms with E-state index in [4.69, 9.17) is 9.72 Å². The maximum absolute atomic E-state index is 13.8. The number of benzene rings is 3. The first kappa shape index (κ1) is 24.5. The summed E-state index contributed by atoms with van der Waals surface area (Å²) in [5.74, 6) is 1.35. The summed E-state index contributed by atoms with van der Waals surface area (Å²) in [6.45, 7) is 8.05. The smallest absolute Gasteiger partial charge is 0.254 e. The summed E-state index contributed by atoms with van der Waals surface area (Å²) >= 11 is 0. The summed E-state index contributed by atoms with van der Waals surface area (Å²) in [5.41, 5.74) is 4.45. The van der Waals surface area contributed by atoms with Crippen LogP contribution in [0.5, 0.6) is 5.75 Å². The van der Waals surface area contributed by atoms with Gasteiger partial charge in [-0.3, -0.25) is 4.79 Å². The van der Waals surface area contributed by atoms with Crippen LogP contribution >= 0.6 is 0 Å². The Morgan fingerprint density at radius 2 is 1.86 bits per heavy atom. The molecule has 0 spiro atoms. The SMILES string of the molecule is Cc1ccc(C(C)C)c(OCCn2c(CCCNC(=O)c3ccccc3F)nc3ccccc32)c1. The molecule has 0 saturated carbocycles. The highest BCUT2D eigenvalue weighted by molar-refractivity contribution is 5.94. The van der Waals surface area contributed by atoms with Crippen LogP contribution in [0.25, 0.3) is 11.0 Å². The second-order valence-electron chi connectivity index (χ2n) is 9.05. The van der Waals surface area contributed by atoms with Gasteiger partial charge in [-0.1, -0.05) is 50.2 Å². The van der Waals surface area contributed by atoms with Gasteiger partial charge in [-0.25, -0.2) is 9.37 Å². The molecule has 0 saturated heterocycles. The third-order valence-electron chi connectivity index (χ3n) is 6.08. The Morgan fingerprint density at radius 1 is 1.09 bits per heavy atom. The van der Waals surface area contributed by atoms with Crippen LogP contribution in [-0.2, 0) is 13.0 Å². The molecule has 0 aliphatic heterocycles. The first-order valence-electron chi connectivity index (χ1n) is 12.1. The zero-order valence-electron chi connectivity index (χ0n) is 20.6. The molecule has 1 amide bonds. The summed E-state index contributed by atoms with van der Waals surface area (Å²) in [7, 11) is 0. The molecule has 1 heterocycles. The van der Waals surface area contributed by atoms with Crippen molar-refractivity contribution in [2.24, 2.45) is 0 Å². The number of carbonyl (C=O) groups is 1. The van der Waals surface area contributed by atoms with Crippen molar-refractivity contribution in [1.82, 2.24) is 14.9 Å². The molecule has 0 fully saturated rings. The molecule has 6 heteroatoms. The number of fused-ring (bicyclic) bond motifs is 1. The fraction of sp³-hybridized carbons (Fsp3) is 0.310. The normalized spacial score (nSPS) is 11.2. The molecule has 182 valence electrons. The molecule has 0 atom stereocenters. The highest BCUT2D eigenvalue weighted by atomic mass is 19.1. The van der Waals surface area contributed by atoms with E-state index >= 15 is 0 Å². The van der Waals surface area contributed by atoms with Crippen molar-refractivity contribution in [2.75, 3.05) is 13.2 Å². The number of carbonyl (C=O) groups excluding carboxylic acids is 1. The van der Waals surface area contributed by atoms with Crippen LogP contribution < -0.4 is 10.1 Å². The first-order valence-corrected chi connectivity index (χ1v) is 12.1. The van der Waals surface area contributed by atoms with Crippen LogP contribution in [-0.4, -0.2) is 28.6 Å². The number of hydrogen-bond acceptors (Lipinski definition) is 3. The quantitative estimate of drug-likeness (QED) is 0.285. The maximum atomic E-state index is 13.8. The van der Waals surface area contributed by atoms with E-state index in [0.717, 1.165) is 22.6 Å². The van der Waals surface area contributed by atoms with Crippen LogP contribution in [0.3, 0.4) is 0 Å². The number of hydrogen-bond donors (Lipinski definition) is 1. The number of nitrogens with zero attached hydrogens (tertiary/aromatic N) is 2. The van der Waals surface area contributed by atoms with Crippen LogP contribution in [0.15, 0.2) is 66.7 Å². The van der Waals surface area contributed by atoms with Crippen molar-refractivity contribution in [1.29, 1.82) is 0 Å². The van der Waals surface area contributed by atoms with Crippen molar-refractivity contribution < 1.29 is 13.9 Å². The van der Waals surface area contributed by atoms with Gasteiger partial charge >= 0.3 is 0 Å². The van der Waals surface area contributed by atoms with Gasteiger partial charge in [-0.15, -0.1) is 0 Å². The minimum absolute atomic E-state index is 0.0637. The second-order valence-corrected chi connectivity index (χ2v) is 9.05. The number of amides is 1. The molecule has 4 rings (SSSR count). The largest absolute Gasteiger partial charge is 0.491 e. The van der Waals surface area contributed by atoms with Gasteiger partial charge in [0, 0.05) is 13.0 Å². The van der Waals surface area contributed by atoms with Gasteiger partial charge in [-0.05, 0) is 60.7 Å². The van der Waals surface area contributed by atoms with Crippen molar-refractivity contribution in [3.8, 4) is 5.75 Å². The molecule has 0 aliphatic carbocycles. The molecule has 0 radical (unpaired) electrons. The molecular weight excluding hydrogens is 441 g/mol. The minimum atomic E-state index is -0.513. The average molecular weight is 474 g/mol. The van der Waals surface area contributed by atoms with Gasteiger partial charge in [0.1, 0.15) is 24.0 Å². The maximum Gasteiger partial charge on any atom is 0.254 e. The number of ether oxygens (including phenoxy) is 1. The molecule has 1 aromatic heterocycles. The Balaban J connectivity index is 1.41. The fourth-order valence-electron chi connectivity index (χ4n) is 4.25. The zero-order chi connectivity index (χ0) is 24.8. The summed E-state index contributed by atoms with van der Waals surface area (Å²) in [6.07, 6.45) is 1.38. The average Bonchev–Trinajstić information content (AvgIpc) is 3.19. The van der Waals surface area contributed by atoms with Crippen molar-refractivity contribution in [2.45, 2.75) is 46.1 Å². The van der Waals surface area contributed by atoms with Crippen LogP contribution in [0.1, 0.15) is 53.5 Å². The van der Waals surface area contributed by atoms with E-state index < -0.39 is 11.7 Å². The first-order chi connectivity index (χ1) is 16.9. The summed E-state index contributed by atoms with van der Waals surface area (Å²) < 4.78 is 22.3. The molecule has 5 nitrogen and oxygen atoms in total. The Hall–Kier alpha value is -3.67. The predicted molar refractivity (Wildman–Crippen MR) is 138 cm³/mol. The van der Waals surface area contributed by atoms with Gasteiger partial charge in [0.15, 0.2) is 0 Å². The monoisotopic (exact) mass is 473 g/mol. The van der Waals surface area contributed by atoms with Gasteiger partial charge in [0.25, 0.3) is 5.91 Å². The lowest BCUT2D eigenvalue weighted by Crippen LogP contribution is -2.26. The highest BCUT2D eigenvalue weighted by Gasteiger charge is 2.13. The minimum Gasteiger partial charge on any atom is -0.491 e. The van der Waals surface area contributed by atoms with Crippen molar-refractivity contribution >= 4 is 16.9 Å². The van der Waals surface area contributed by atoms with Gasteiger partial charge in [0.05, 0.1) is 23.1 Å². The molecule has 1 N–H and O–H groups in total. The molecule has 0 bridgehead atoms. The third kappa shape index (κ3) is 5.88. The standard InChI is InChI=1S/C29H32FN3O2/c1-20(2)22-15-14-21(3)19-27(22)35-18-17-33-26-12-7-6-11-25(26)32-28(33)13-8-16-31-29(34)23-9-4-5-10-24(23)30/h4-7,9-12,14-15,19-20H,8,13,16-18H2,1-3H3,(H,31,34). The summed E-state index contributed by atoms with van der Waals surface area (Å²) in [4.78, 5) is 17.1. The van der Waals surface area contributed by atoms with Crippen molar-refractivity contribution in [3.63, 3.8) is 0 Å². The summed E-state index contributed by atoms with van der Waals surface area (Å²) in [6, 6.07) is 20.4. The zero-order valence-corrected chi connectivity index (χ0v) is 20.6. The van der Waals surface area contributed by atoms with Crippen LogP contribution in [0.2, 0.25) is 0 Å². The number of rotatable bonds is 10. The van der Waals surface area contributed by atoms with Gasteiger partial charge < -0.3 is 14.6 Å². The summed E-state index contributed by atoms with van der Waals surface area (Å²) in [5, 5.41) is 2.81. The molecule has 3 aromatic carbocycles. The predicted octanol–water partition coefficient (Wildman–Crippen LogP) is 6.05.